The van der Waals surface area contributed by atoms with E-state index in [1.807, 2.05) is 0 Å². The molecule has 3 atom stereocenters. The van der Waals surface area contributed by atoms with Gasteiger partial charge in [-0.15, -0.1) is 0 Å². The second-order valence-corrected chi connectivity index (χ2v) is 4.83. The molecule has 2 fully saturated rings. The fourth-order valence-electron chi connectivity index (χ4n) is 2.09. The van der Waals surface area contributed by atoms with Crippen molar-refractivity contribution in [3.8, 4) is 0 Å². The Hall–Kier alpha value is -1.00. The van der Waals surface area contributed by atoms with Gasteiger partial charge in [0.1, 0.15) is 0 Å². The van der Waals surface area contributed by atoms with E-state index in [4.69, 9.17) is 13.6 Å². The summed E-state index contributed by atoms with van der Waals surface area (Å²) >= 11 is 0. The van der Waals surface area contributed by atoms with E-state index in [0.29, 0.717) is 18.1 Å². The Morgan fingerprint density at radius 2 is 2.31 bits per heavy atom. The third-order valence-electron chi connectivity index (χ3n) is 2.67. The maximum absolute atomic E-state index is 11.5. The van der Waals surface area contributed by atoms with E-state index < -0.39 is 7.82 Å². The van der Waals surface area contributed by atoms with Crippen molar-refractivity contribution in [2.45, 2.75) is 18.6 Å². The van der Waals surface area contributed by atoms with E-state index in [9.17, 15) is 9.36 Å². The third kappa shape index (κ3) is 0.505. The lowest BCUT2D eigenvalue weighted by molar-refractivity contribution is -0.144. The second-order valence-electron chi connectivity index (χ2n) is 3.36. The first kappa shape index (κ1) is 6.45. The number of phosphoric ester groups is 1. The monoisotopic (exact) mass is 201 g/mol. The Kier molecular flexibility index (Phi) is 0.749. The fraction of sp³-hybridized carbons (Fsp3) is 0.500. The Morgan fingerprint density at radius 1 is 1.46 bits per heavy atom. The van der Waals surface area contributed by atoms with Gasteiger partial charge in [-0.2, -0.15) is 0 Å². The summed E-state index contributed by atoms with van der Waals surface area (Å²) in [5, 5.41) is 0. The van der Waals surface area contributed by atoms with Crippen LogP contribution in [0.1, 0.15) is 6.42 Å². The number of fused-ring (bicyclic) bond motifs is 4. The lowest BCUT2D eigenvalue weighted by Gasteiger charge is -2.34. The summed E-state index contributed by atoms with van der Waals surface area (Å²) in [6.07, 6.45) is 0.0805. The molecule has 7 heteroatoms. The molecule has 0 aliphatic carbocycles. The molecule has 0 aromatic heterocycles. The molecule has 0 saturated carbocycles. The molecule has 4 aliphatic rings. The standard InChI is InChI=1S/C6H4NO5P/c8-3-1-2-4-5-6(7(2)3)12-13(9,10-4)11-5/h2,4H,1H2/t2-,4?,13?/m0/s1. The highest BCUT2D eigenvalue weighted by Crippen LogP contribution is 2.71. The molecule has 68 valence electrons. The first-order valence-electron chi connectivity index (χ1n) is 3.92. The SMILES string of the molecule is O=C1C[C@H]2C3OP4(=O)OC3=C(O4)N12. The predicted octanol–water partition coefficient (Wildman–Crippen LogP) is 0.324. The number of β-lactam (4-membered cyclic amide) rings is 1. The molecule has 2 saturated heterocycles. The summed E-state index contributed by atoms with van der Waals surface area (Å²) in [5.41, 5.74) is 0. The second kappa shape index (κ2) is 1.51. The van der Waals surface area contributed by atoms with Crippen molar-refractivity contribution in [1.29, 1.82) is 0 Å². The van der Waals surface area contributed by atoms with Gasteiger partial charge in [0.25, 0.3) is 0 Å². The average molecular weight is 201 g/mol. The minimum absolute atomic E-state index is 0.0254. The molecule has 0 N–H and O–H groups in total. The Balaban J connectivity index is 1.93. The van der Waals surface area contributed by atoms with Crippen molar-refractivity contribution in [2.75, 3.05) is 0 Å². The maximum Gasteiger partial charge on any atom is 0.589 e. The molecule has 2 bridgehead atoms. The number of rotatable bonds is 0. The maximum atomic E-state index is 11.5. The molecule has 4 heterocycles. The van der Waals surface area contributed by atoms with Crippen LogP contribution < -0.4 is 0 Å². The molecule has 13 heavy (non-hydrogen) atoms. The number of nitrogens with zero attached hydrogens (tertiary/aromatic N) is 1. The molecule has 0 radical (unpaired) electrons. The Morgan fingerprint density at radius 3 is 3.00 bits per heavy atom. The summed E-state index contributed by atoms with van der Waals surface area (Å²) < 4.78 is 26.5. The van der Waals surface area contributed by atoms with Gasteiger partial charge in [0, 0.05) is 0 Å². The minimum Gasteiger partial charge on any atom is -0.391 e. The van der Waals surface area contributed by atoms with E-state index >= 15 is 0 Å². The zero-order valence-corrected chi connectivity index (χ0v) is 7.19. The molecule has 4 rings (SSSR count). The van der Waals surface area contributed by atoms with Crippen LogP contribution in [0.4, 0.5) is 0 Å². The van der Waals surface area contributed by atoms with Crippen LogP contribution in [-0.4, -0.2) is 23.0 Å². The molecule has 4 aliphatic heterocycles. The van der Waals surface area contributed by atoms with Gasteiger partial charge in [-0.3, -0.25) is 14.2 Å². The van der Waals surface area contributed by atoms with Gasteiger partial charge in [0.15, 0.2) is 6.10 Å². The summed E-state index contributed by atoms with van der Waals surface area (Å²) in [6, 6.07) is -0.0455. The molecule has 0 aromatic rings. The molecular formula is C6H4NO5P. The van der Waals surface area contributed by atoms with Gasteiger partial charge in [-0.05, 0) is 0 Å². The normalized spacial score (nSPS) is 48.9. The van der Waals surface area contributed by atoms with E-state index in [1.165, 1.54) is 4.90 Å². The largest absolute Gasteiger partial charge is 0.589 e. The smallest absolute Gasteiger partial charge is 0.391 e. The minimum atomic E-state index is -3.36. The van der Waals surface area contributed by atoms with E-state index in [0.717, 1.165) is 0 Å². The first-order chi connectivity index (χ1) is 6.18. The highest BCUT2D eigenvalue weighted by atomic mass is 31.2. The number of hydrogen-bond acceptors (Lipinski definition) is 5. The number of amides is 1. The molecule has 0 spiro atoms. The van der Waals surface area contributed by atoms with Crippen molar-refractivity contribution in [3.05, 3.63) is 11.6 Å². The van der Waals surface area contributed by atoms with Gasteiger partial charge >= 0.3 is 7.82 Å². The molecular weight excluding hydrogens is 197 g/mol. The van der Waals surface area contributed by atoms with Crippen LogP contribution in [0.3, 0.4) is 0 Å². The van der Waals surface area contributed by atoms with Crippen molar-refractivity contribution >= 4 is 13.7 Å². The van der Waals surface area contributed by atoms with Crippen LogP contribution in [0.25, 0.3) is 0 Å². The van der Waals surface area contributed by atoms with Crippen molar-refractivity contribution < 1.29 is 22.9 Å². The summed E-state index contributed by atoms with van der Waals surface area (Å²) in [7, 11) is -3.36. The van der Waals surface area contributed by atoms with Crippen molar-refractivity contribution in [2.24, 2.45) is 0 Å². The average Bonchev–Trinajstić information content (AvgIpc) is 2.53. The van der Waals surface area contributed by atoms with Crippen molar-refractivity contribution in [3.63, 3.8) is 0 Å². The zero-order chi connectivity index (χ0) is 8.79. The van der Waals surface area contributed by atoms with E-state index in [2.05, 4.69) is 0 Å². The fourth-order valence-corrected chi connectivity index (χ4v) is 3.54. The lowest BCUT2D eigenvalue weighted by atomic mass is 10.0. The third-order valence-corrected chi connectivity index (χ3v) is 3.97. The molecule has 6 nitrogen and oxygen atoms in total. The first-order valence-corrected chi connectivity index (χ1v) is 5.38. The topological polar surface area (TPSA) is 65.1 Å². The lowest BCUT2D eigenvalue weighted by Crippen LogP contribution is -2.52. The molecule has 2 unspecified atom stereocenters. The number of hydrogen-bond donors (Lipinski definition) is 0. The van der Waals surface area contributed by atoms with Gasteiger partial charge in [-0.25, -0.2) is 4.57 Å². The number of carbonyl (C=O) groups is 1. The Bertz CT molecular complexity index is 429. The molecule has 1 amide bonds. The summed E-state index contributed by atoms with van der Waals surface area (Å²) in [6.45, 7) is 0. The van der Waals surface area contributed by atoms with Crippen LogP contribution in [0.2, 0.25) is 0 Å². The van der Waals surface area contributed by atoms with Gasteiger partial charge in [0.05, 0.1) is 12.5 Å². The highest BCUT2D eigenvalue weighted by Gasteiger charge is 2.68. The predicted molar refractivity (Wildman–Crippen MR) is 36.9 cm³/mol. The van der Waals surface area contributed by atoms with Gasteiger partial charge < -0.3 is 9.05 Å². The quantitative estimate of drug-likeness (QED) is 0.417. The summed E-state index contributed by atoms with van der Waals surface area (Å²) in [4.78, 5) is 12.6. The van der Waals surface area contributed by atoms with Gasteiger partial charge in [0.2, 0.25) is 17.5 Å². The van der Waals surface area contributed by atoms with Crippen LogP contribution in [0, 0.1) is 0 Å². The summed E-state index contributed by atoms with van der Waals surface area (Å²) in [5.74, 6) is 0.738. The van der Waals surface area contributed by atoms with Gasteiger partial charge in [-0.1, -0.05) is 0 Å². The van der Waals surface area contributed by atoms with Crippen LogP contribution in [0.15, 0.2) is 11.6 Å². The van der Waals surface area contributed by atoms with E-state index in [-0.39, 0.29) is 18.1 Å². The molecule has 0 aromatic carbocycles. The van der Waals surface area contributed by atoms with Crippen LogP contribution in [-0.2, 0) is 22.9 Å². The van der Waals surface area contributed by atoms with E-state index in [1.54, 1.807) is 0 Å². The highest BCUT2D eigenvalue weighted by molar-refractivity contribution is 7.49. The van der Waals surface area contributed by atoms with Crippen LogP contribution in [0.5, 0.6) is 0 Å². The van der Waals surface area contributed by atoms with Crippen molar-refractivity contribution in [1.82, 2.24) is 4.90 Å². The zero-order valence-electron chi connectivity index (χ0n) is 6.30. The Labute approximate surface area is 72.7 Å². The van der Waals surface area contributed by atoms with Crippen LogP contribution >= 0.6 is 7.82 Å². The number of phosphoric acid groups is 1. The number of carbonyl (C=O) groups excluding carboxylic acids is 1.